The van der Waals surface area contributed by atoms with E-state index in [2.05, 4.69) is 21.2 Å². The van der Waals surface area contributed by atoms with E-state index in [-0.39, 0.29) is 64.6 Å². The van der Waals surface area contributed by atoms with E-state index < -0.39 is 64.5 Å². The molecular weight excluding hydrogens is 654 g/mol. The van der Waals surface area contributed by atoms with Crippen LogP contribution in [0.5, 0.6) is 0 Å². The van der Waals surface area contributed by atoms with Gasteiger partial charge in [-0.25, -0.2) is 0 Å². The van der Waals surface area contributed by atoms with Gasteiger partial charge in [0.25, 0.3) is 0 Å². The third-order valence-electron chi connectivity index (χ3n) is 5.73. The molecule has 0 aliphatic carbocycles. The summed E-state index contributed by atoms with van der Waals surface area (Å²) in [6.45, 7) is 15.8. The van der Waals surface area contributed by atoms with Gasteiger partial charge in [-0.2, -0.15) is 0 Å². The number of alkyl halides is 1. The van der Waals surface area contributed by atoms with Gasteiger partial charge >= 0.3 is 29.8 Å². The van der Waals surface area contributed by atoms with E-state index in [1.165, 1.54) is 0 Å². The Morgan fingerprint density at radius 3 is 1.22 bits per heavy atom. The number of esters is 5. The molecule has 13 heteroatoms. The van der Waals surface area contributed by atoms with E-state index in [0.29, 0.717) is 11.8 Å². The van der Waals surface area contributed by atoms with Crippen LogP contribution in [0.3, 0.4) is 0 Å². The second kappa shape index (κ2) is 19.7. The molecule has 0 fully saturated rings. The fourth-order valence-electron chi connectivity index (χ4n) is 4.00. The number of amides is 1. The van der Waals surface area contributed by atoms with E-state index in [9.17, 15) is 28.8 Å². The Labute approximate surface area is 276 Å². The van der Waals surface area contributed by atoms with Crippen LogP contribution in [0.1, 0.15) is 127 Å². The third kappa shape index (κ3) is 24.2. The number of carbonyl (C=O) groups excluding carboxylic acids is 6. The molecule has 0 spiro atoms. The van der Waals surface area contributed by atoms with Crippen LogP contribution in [0.15, 0.2) is 0 Å². The summed E-state index contributed by atoms with van der Waals surface area (Å²) in [4.78, 5) is 74.8. The Morgan fingerprint density at radius 2 is 0.889 bits per heavy atom. The number of hydrogen-bond donors (Lipinski definition) is 1. The SMILES string of the molecule is CC(C)(C)OC(=O)CCC(CCC(=O)OC(C)(C)C)(CCC(=O)OC(C)(C)C)NC(=O)CCCOC(=O)CC(=O)OCCCBr. The largest absolute Gasteiger partial charge is 0.465 e. The number of nitrogens with one attached hydrogen (secondary N) is 1. The first kappa shape index (κ1) is 42.3. The highest BCUT2D eigenvalue weighted by molar-refractivity contribution is 9.09. The van der Waals surface area contributed by atoms with Gasteiger partial charge in [0, 0.05) is 36.6 Å². The molecule has 1 N–H and O–H groups in total. The molecular formula is C32H54BrNO11. The minimum atomic E-state index is -1.16. The van der Waals surface area contributed by atoms with Crippen molar-refractivity contribution in [2.75, 3.05) is 18.5 Å². The number of hydrogen-bond acceptors (Lipinski definition) is 11. The number of carbonyl (C=O) groups is 6. The van der Waals surface area contributed by atoms with Crippen molar-refractivity contribution in [2.24, 2.45) is 0 Å². The molecule has 45 heavy (non-hydrogen) atoms. The van der Waals surface area contributed by atoms with Crippen molar-refractivity contribution >= 4 is 51.7 Å². The smallest absolute Gasteiger partial charge is 0.317 e. The quantitative estimate of drug-likeness (QED) is 0.0614. The molecule has 0 unspecified atom stereocenters. The van der Waals surface area contributed by atoms with Crippen LogP contribution in [0, 0.1) is 0 Å². The Kier molecular flexibility index (Phi) is 18.6. The number of rotatable bonds is 19. The second-order valence-corrected chi connectivity index (χ2v) is 14.6. The van der Waals surface area contributed by atoms with Crippen LogP contribution in [-0.4, -0.2) is 76.6 Å². The number of halogens is 1. The minimum Gasteiger partial charge on any atom is -0.465 e. The summed E-state index contributed by atoms with van der Waals surface area (Å²) in [5, 5.41) is 3.62. The topological polar surface area (TPSA) is 161 Å². The highest BCUT2D eigenvalue weighted by atomic mass is 79.9. The first-order valence-corrected chi connectivity index (χ1v) is 16.5. The molecule has 0 atom stereocenters. The average Bonchev–Trinajstić information content (AvgIpc) is 2.84. The molecule has 260 valence electrons. The second-order valence-electron chi connectivity index (χ2n) is 13.9. The Hall–Kier alpha value is -2.70. The summed E-state index contributed by atoms with van der Waals surface area (Å²) in [7, 11) is 0. The van der Waals surface area contributed by atoms with Crippen molar-refractivity contribution in [3.05, 3.63) is 0 Å². The van der Waals surface area contributed by atoms with Gasteiger partial charge in [-0.05, 0) is 94.4 Å². The lowest BCUT2D eigenvalue weighted by molar-refractivity contribution is -0.157. The lowest BCUT2D eigenvalue weighted by Gasteiger charge is -2.36. The third-order valence-corrected chi connectivity index (χ3v) is 6.29. The lowest BCUT2D eigenvalue weighted by atomic mass is 9.83. The van der Waals surface area contributed by atoms with Gasteiger partial charge in [-0.3, -0.25) is 28.8 Å². The molecule has 0 aromatic rings. The Balaban J connectivity index is 5.67. The normalized spacial score (nSPS) is 12.1. The van der Waals surface area contributed by atoms with E-state index in [1.54, 1.807) is 62.3 Å². The van der Waals surface area contributed by atoms with Crippen molar-refractivity contribution in [3.8, 4) is 0 Å². The van der Waals surface area contributed by atoms with Gasteiger partial charge < -0.3 is 29.0 Å². The standard InChI is InChI=1S/C32H54BrNO11/c1-29(2,3)43-24(36)13-16-32(17-14-25(37)44-30(4,5)6,18-15-26(38)45-31(7,8)9)34-23(35)12-10-20-41-27(39)22-28(40)42-21-11-19-33/h10-22H2,1-9H3,(H,34,35). The van der Waals surface area contributed by atoms with Crippen LogP contribution < -0.4 is 5.32 Å². The van der Waals surface area contributed by atoms with Crippen LogP contribution >= 0.6 is 15.9 Å². The van der Waals surface area contributed by atoms with Crippen LogP contribution in [0.2, 0.25) is 0 Å². The summed E-state index contributed by atoms with van der Waals surface area (Å²) in [6.07, 6.45) is 0.202. The molecule has 12 nitrogen and oxygen atoms in total. The van der Waals surface area contributed by atoms with Crippen LogP contribution in [0.25, 0.3) is 0 Å². The molecule has 0 aromatic heterocycles. The first-order chi connectivity index (χ1) is 20.5. The molecule has 0 aliphatic rings. The van der Waals surface area contributed by atoms with Gasteiger partial charge in [-0.1, -0.05) is 15.9 Å². The highest BCUT2D eigenvalue weighted by Crippen LogP contribution is 2.29. The molecule has 0 rings (SSSR count). The molecule has 1 amide bonds. The summed E-state index contributed by atoms with van der Waals surface area (Å²) < 4.78 is 26.4. The first-order valence-electron chi connectivity index (χ1n) is 15.4. The maximum Gasteiger partial charge on any atom is 0.317 e. The summed E-state index contributed by atoms with van der Waals surface area (Å²) in [5.41, 5.74) is -3.33. The van der Waals surface area contributed by atoms with Crippen LogP contribution in [-0.2, 0) is 52.5 Å². The van der Waals surface area contributed by atoms with E-state index in [4.69, 9.17) is 23.7 Å². The van der Waals surface area contributed by atoms with E-state index in [0.717, 1.165) is 0 Å². The van der Waals surface area contributed by atoms with Crippen molar-refractivity contribution in [2.45, 2.75) is 149 Å². The highest BCUT2D eigenvalue weighted by Gasteiger charge is 2.35. The van der Waals surface area contributed by atoms with Crippen molar-refractivity contribution in [1.82, 2.24) is 5.32 Å². The zero-order valence-corrected chi connectivity index (χ0v) is 30.1. The Morgan fingerprint density at radius 1 is 0.533 bits per heavy atom. The molecule has 0 saturated heterocycles. The fourth-order valence-corrected chi connectivity index (χ4v) is 4.23. The predicted molar refractivity (Wildman–Crippen MR) is 170 cm³/mol. The zero-order chi connectivity index (χ0) is 34.9. The maximum atomic E-state index is 13.2. The van der Waals surface area contributed by atoms with Crippen LogP contribution in [0.4, 0.5) is 0 Å². The Bertz CT molecular complexity index is 912. The predicted octanol–water partition coefficient (Wildman–Crippen LogP) is 5.25. The van der Waals surface area contributed by atoms with Gasteiger partial charge in [0.2, 0.25) is 5.91 Å². The average molecular weight is 709 g/mol. The minimum absolute atomic E-state index is 0.0595. The fraction of sp³-hybridized carbons (Fsp3) is 0.812. The summed E-state index contributed by atoms with van der Waals surface area (Å²) in [6, 6.07) is 0. The summed E-state index contributed by atoms with van der Waals surface area (Å²) >= 11 is 3.22. The molecule has 0 radical (unpaired) electrons. The van der Waals surface area contributed by atoms with Crippen molar-refractivity contribution in [3.63, 3.8) is 0 Å². The van der Waals surface area contributed by atoms with Gasteiger partial charge in [0.05, 0.1) is 13.2 Å². The molecule has 0 aromatic carbocycles. The van der Waals surface area contributed by atoms with E-state index >= 15 is 0 Å². The monoisotopic (exact) mass is 707 g/mol. The van der Waals surface area contributed by atoms with Gasteiger partial charge in [0.1, 0.15) is 23.2 Å². The number of ether oxygens (including phenoxy) is 5. The molecule has 0 aliphatic heterocycles. The zero-order valence-electron chi connectivity index (χ0n) is 28.6. The summed E-state index contributed by atoms with van der Waals surface area (Å²) in [5.74, 6) is -3.36. The van der Waals surface area contributed by atoms with Gasteiger partial charge in [-0.15, -0.1) is 0 Å². The molecule has 0 saturated carbocycles. The molecule has 0 bridgehead atoms. The van der Waals surface area contributed by atoms with Crippen molar-refractivity contribution in [1.29, 1.82) is 0 Å². The lowest BCUT2D eigenvalue weighted by Crippen LogP contribution is -2.50. The van der Waals surface area contributed by atoms with E-state index in [1.807, 2.05) is 0 Å². The van der Waals surface area contributed by atoms with Gasteiger partial charge in [0.15, 0.2) is 0 Å². The van der Waals surface area contributed by atoms with Crippen molar-refractivity contribution < 1.29 is 52.5 Å². The molecule has 0 heterocycles. The maximum absolute atomic E-state index is 13.2.